The first-order valence-corrected chi connectivity index (χ1v) is 8.17. The fourth-order valence-electron chi connectivity index (χ4n) is 2.19. The molecule has 128 valence electrons. The SMILES string of the molecule is CC(=O)Nc1cc(S(=O)(=O)C(F)(F)F)ccc1N1CCOCC1. The quantitative estimate of drug-likeness (QED) is 0.897. The van der Waals surface area contributed by atoms with Crippen molar-refractivity contribution in [2.24, 2.45) is 0 Å². The van der Waals surface area contributed by atoms with E-state index in [1.807, 2.05) is 0 Å². The fraction of sp³-hybridized carbons (Fsp3) is 0.462. The van der Waals surface area contributed by atoms with Crippen molar-refractivity contribution < 1.29 is 31.1 Å². The molecule has 10 heteroatoms. The monoisotopic (exact) mass is 352 g/mol. The van der Waals surface area contributed by atoms with Crippen molar-refractivity contribution in [2.75, 3.05) is 36.5 Å². The van der Waals surface area contributed by atoms with Crippen molar-refractivity contribution in [1.29, 1.82) is 0 Å². The van der Waals surface area contributed by atoms with E-state index < -0.39 is 26.1 Å². The maximum Gasteiger partial charge on any atom is 0.501 e. The van der Waals surface area contributed by atoms with Gasteiger partial charge in [-0.25, -0.2) is 8.42 Å². The Morgan fingerprint density at radius 1 is 1.26 bits per heavy atom. The summed E-state index contributed by atoms with van der Waals surface area (Å²) in [5, 5.41) is 2.38. The van der Waals surface area contributed by atoms with E-state index in [0.29, 0.717) is 32.0 Å². The van der Waals surface area contributed by atoms with Crippen molar-refractivity contribution in [3.8, 4) is 0 Å². The van der Waals surface area contributed by atoms with Crippen molar-refractivity contribution in [1.82, 2.24) is 0 Å². The van der Waals surface area contributed by atoms with Gasteiger partial charge in [-0.15, -0.1) is 0 Å². The van der Waals surface area contributed by atoms with E-state index in [9.17, 15) is 26.4 Å². The van der Waals surface area contributed by atoms with Crippen LogP contribution in [0.4, 0.5) is 24.5 Å². The van der Waals surface area contributed by atoms with Crippen LogP contribution in [0.2, 0.25) is 0 Å². The second-order valence-corrected chi connectivity index (χ2v) is 6.85. The molecule has 1 aliphatic rings. The van der Waals surface area contributed by atoms with E-state index in [1.54, 1.807) is 4.90 Å². The number of alkyl halides is 3. The number of amides is 1. The molecule has 6 nitrogen and oxygen atoms in total. The number of benzene rings is 1. The van der Waals surface area contributed by atoms with Crippen LogP contribution in [0, 0.1) is 0 Å². The number of nitrogens with zero attached hydrogens (tertiary/aromatic N) is 1. The van der Waals surface area contributed by atoms with Gasteiger partial charge < -0.3 is 15.0 Å². The molecular formula is C13H15F3N2O4S. The minimum atomic E-state index is -5.48. The van der Waals surface area contributed by atoms with Gasteiger partial charge in [-0.2, -0.15) is 13.2 Å². The predicted molar refractivity (Wildman–Crippen MR) is 77.0 cm³/mol. The van der Waals surface area contributed by atoms with Crippen molar-refractivity contribution in [2.45, 2.75) is 17.3 Å². The zero-order valence-electron chi connectivity index (χ0n) is 12.2. The average Bonchev–Trinajstić information content (AvgIpc) is 2.46. The molecule has 0 aliphatic carbocycles. The van der Waals surface area contributed by atoms with Crippen LogP contribution in [0.3, 0.4) is 0 Å². The van der Waals surface area contributed by atoms with Crippen molar-refractivity contribution >= 4 is 27.1 Å². The molecule has 1 aromatic carbocycles. The first-order chi connectivity index (χ1) is 10.6. The van der Waals surface area contributed by atoms with Gasteiger partial charge in [0.15, 0.2) is 0 Å². The summed E-state index contributed by atoms with van der Waals surface area (Å²) < 4.78 is 66.2. The largest absolute Gasteiger partial charge is 0.501 e. The number of carbonyl (C=O) groups is 1. The van der Waals surface area contributed by atoms with Crippen LogP contribution in [-0.2, 0) is 19.4 Å². The molecule has 1 fully saturated rings. The van der Waals surface area contributed by atoms with Gasteiger partial charge in [-0.3, -0.25) is 4.79 Å². The van der Waals surface area contributed by atoms with Crippen LogP contribution >= 0.6 is 0 Å². The first-order valence-electron chi connectivity index (χ1n) is 6.68. The Hall–Kier alpha value is -1.81. The molecule has 23 heavy (non-hydrogen) atoms. The van der Waals surface area contributed by atoms with Gasteiger partial charge in [0, 0.05) is 20.0 Å². The first kappa shape index (κ1) is 17.5. The molecule has 0 unspecified atom stereocenters. The summed E-state index contributed by atoms with van der Waals surface area (Å²) in [5.41, 5.74) is -4.93. The summed E-state index contributed by atoms with van der Waals surface area (Å²) in [6.45, 7) is 3.02. The number of nitrogens with one attached hydrogen (secondary N) is 1. The van der Waals surface area contributed by atoms with Gasteiger partial charge in [0.25, 0.3) is 9.84 Å². The standard InChI is InChI=1S/C13H15F3N2O4S/c1-9(19)17-11-8-10(23(20,21)13(14,15)16)2-3-12(11)18-4-6-22-7-5-18/h2-3,8H,4-7H2,1H3,(H,17,19). The van der Waals surface area contributed by atoms with Crippen LogP contribution in [0.15, 0.2) is 23.1 Å². The number of sulfone groups is 1. The lowest BCUT2D eigenvalue weighted by Gasteiger charge is -2.30. The van der Waals surface area contributed by atoms with E-state index in [0.717, 1.165) is 12.1 Å². The number of halogens is 3. The maximum absolute atomic E-state index is 12.7. The Bertz CT molecular complexity index is 698. The fourth-order valence-corrected chi connectivity index (χ4v) is 2.97. The lowest BCUT2D eigenvalue weighted by Crippen LogP contribution is -2.36. The van der Waals surface area contributed by atoms with Crippen LogP contribution in [0.5, 0.6) is 0 Å². The molecule has 1 N–H and O–H groups in total. The average molecular weight is 352 g/mol. The van der Waals surface area contributed by atoms with Gasteiger partial charge in [0.05, 0.1) is 29.5 Å². The molecule has 1 aliphatic heterocycles. The predicted octanol–water partition coefficient (Wildman–Crippen LogP) is 1.78. The third kappa shape index (κ3) is 3.75. The van der Waals surface area contributed by atoms with E-state index in [-0.39, 0.29) is 5.69 Å². The summed E-state index contributed by atoms with van der Waals surface area (Å²) in [6, 6.07) is 2.98. The molecule has 0 aromatic heterocycles. The van der Waals surface area contributed by atoms with Crippen LogP contribution in [0.1, 0.15) is 6.92 Å². The molecule has 1 saturated heterocycles. The second-order valence-electron chi connectivity index (χ2n) is 4.91. The topological polar surface area (TPSA) is 75.7 Å². The van der Waals surface area contributed by atoms with E-state index >= 15 is 0 Å². The van der Waals surface area contributed by atoms with E-state index in [4.69, 9.17) is 4.74 Å². The molecule has 0 spiro atoms. The molecule has 0 bridgehead atoms. The van der Waals surface area contributed by atoms with Crippen LogP contribution < -0.4 is 10.2 Å². The number of carbonyl (C=O) groups excluding carboxylic acids is 1. The second kappa shape index (κ2) is 6.36. The summed E-state index contributed by atoms with van der Waals surface area (Å²) in [6.07, 6.45) is 0. The summed E-state index contributed by atoms with van der Waals surface area (Å²) in [5.74, 6) is -0.513. The van der Waals surface area contributed by atoms with Gasteiger partial charge in [0.1, 0.15) is 0 Å². The lowest BCUT2D eigenvalue weighted by molar-refractivity contribution is -0.114. The Balaban J connectivity index is 2.48. The molecule has 0 saturated carbocycles. The van der Waals surface area contributed by atoms with Crippen LogP contribution in [0.25, 0.3) is 0 Å². The Morgan fingerprint density at radius 3 is 2.39 bits per heavy atom. The van der Waals surface area contributed by atoms with Gasteiger partial charge in [-0.05, 0) is 18.2 Å². The van der Waals surface area contributed by atoms with Gasteiger partial charge >= 0.3 is 5.51 Å². The molecule has 1 amide bonds. The highest BCUT2D eigenvalue weighted by Gasteiger charge is 2.47. The van der Waals surface area contributed by atoms with Gasteiger partial charge in [0.2, 0.25) is 5.91 Å². The number of morpholine rings is 1. The highest BCUT2D eigenvalue weighted by Crippen LogP contribution is 2.35. The smallest absolute Gasteiger partial charge is 0.378 e. The molecule has 2 rings (SSSR count). The third-order valence-corrected chi connectivity index (χ3v) is 4.73. The molecule has 1 aromatic rings. The maximum atomic E-state index is 12.7. The van der Waals surface area contributed by atoms with Crippen molar-refractivity contribution in [3.63, 3.8) is 0 Å². The summed E-state index contributed by atoms with van der Waals surface area (Å²) >= 11 is 0. The Kier molecular flexibility index (Phi) is 4.85. The molecular weight excluding hydrogens is 337 g/mol. The Labute approximate surface area is 131 Å². The van der Waals surface area contributed by atoms with Crippen molar-refractivity contribution in [3.05, 3.63) is 18.2 Å². The van der Waals surface area contributed by atoms with E-state index in [1.165, 1.54) is 13.0 Å². The number of anilines is 2. The minimum absolute atomic E-state index is 0.0183. The van der Waals surface area contributed by atoms with E-state index in [2.05, 4.69) is 5.32 Å². The number of hydrogen-bond acceptors (Lipinski definition) is 5. The van der Waals surface area contributed by atoms with Gasteiger partial charge in [-0.1, -0.05) is 0 Å². The third-order valence-electron chi connectivity index (χ3n) is 3.25. The molecule has 1 heterocycles. The highest BCUT2D eigenvalue weighted by molar-refractivity contribution is 7.92. The molecule has 0 atom stereocenters. The summed E-state index contributed by atoms with van der Waals surface area (Å²) in [7, 11) is -5.48. The Morgan fingerprint density at radius 2 is 1.87 bits per heavy atom. The number of hydrogen-bond donors (Lipinski definition) is 1. The number of rotatable bonds is 3. The summed E-state index contributed by atoms with van der Waals surface area (Å²) in [4.78, 5) is 12.2. The highest BCUT2D eigenvalue weighted by atomic mass is 32.2. The zero-order valence-corrected chi connectivity index (χ0v) is 13.0. The normalized spacial score (nSPS) is 16.3. The lowest BCUT2D eigenvalue weighted by atomic mass is 10.2. The zero-order chi connectivity index (χ0) is 17.3. The number of ether oxygens (including phenoxy) is 1. The minimum Gasteiger partial charge on any atom is -0.378 e. The van der Waals surface area contributed by atoms with Crippen LogP contribution in [-0.4, -0.2) is 46.1 Å². The molecule has 0 radical (unpaired) electrons.